The summed E-state index contributed by atoms with van der Waals surface area (Å²) >= 11 is 0. The summed E-state index contributed by atoms with van der Waals surface area (Å²) in [6.45, 7) is 1.57. The van der Waals surface area contributed by atoms with E-state index in [0.29, 0.717) is 12.8 Å². The van der Waals surface area contributed by atoms with E-state index in [1.54, 1.807) is 6.92 Å². The number of carboxylic acid groups (broad SMARTS) is 1. The highest BCUT2D eigenvalue weighted by Gasteiger charge is 2.00. The average molecular weight is 220 g/mol. The predicted molar refractivity (Wildman–Crippen MR) is 61.4 cm³/mol. The van der Waals surface area contributed by atoms with E-state index in [9.17, 15) is 9.59 Å². The molecule has 1 rings (SSSR count). The quantitative estimate of drug-likeness (QED) is 0.799. The highest BCUT2D eigenvalue weighted by atomic mass is 16.4. The molecule has 1 aromatic carbocycles. The Bertz CT molecular complexity index is 365. The van der Waals surface area contributed by atoms with Crippen molar-refractivity contribution in [3.63, 3.8) is 0 Å². The van der Waals surface area contributed by atoms with Crippen LogP contribution in [0.4, 0.5) is 0 Å². The molecule has 0 heterocycles. The number of carbonyl (C=O) groups is 2. The van der Waals surface area contributed by atoms with E-state index in [1.165, 1.54) is 0 Å². The topological polar surface area (TPSA) is 54.4 Å². The van der Waals surface area contributed by atoms with Gasteiger partial charge in [0.15, 0.2) is 0 Å². The lowest BCUT2D eigenvalue weighted by atomic mass is 10.0. The summed E-state index contributed by atoms with van der Waals surface area (Å²) in [7, 11) is 0. The highest BCUT2D eigenvalue weighted by Crippen LogP contribution is 2.08. The number of benzene rings is 1. The number of carboxylic acids is 1. The lowest BCUT2D eigenvalue weighted by Crippen LogP contribution is -1.98. The number of aliphatic carboxylic acids is 1. The van der Waals surface area contributed by atoms with Gasteiger partial charge in [-0.25, -0.2) is 0 Å². The summed E-state index contributed by atoms with van der Waals surface area (Å²) in [6, 6.07) is 7.77. The molecule has 0 radical (unpaired) electrons. The largest absolute Gasteiger partial charge is 0.481 e. The van der Waals surface area contributed by atoms with Crippen molar-refractivity contribution < 1.29 is 14.7 Å². The molecule has 0 amide bonds. The number of hydrogen-bond acceptors (Lipinski definition) is 2. The van der Waals surface area contributed by atoms with Crippen LogP contribution in [0.1, 0.15) is 30.9 Å². The molecule has 0 aliphatic carbocycles. The summed E-state index contributed by atoms with van der Waals surface area (Å²) in [5.74, 6) is -0.605. The van der Waals surface area contributed by atoms with Crippen LogP contribution < -0.4 is 0 Å². The summed E-state index contributed by atoms with van der Waals surface area (Å²) in [5.41, 5.74) is 2.13. The Kier molecular flexibility index (Phi) is 4.70. The van der Waals surface area contributed by atoms with Gasteiger partial charge in [-0.3, -0.25) is 9.59 Å². The van der Waals surface area contributed by atoms with Gasteiger partial charge < -0.3 is 5.11 Å². The van der Waals surface area contributed by atoms with E-state index in [4.69, 9.17) is 5.11 Å². The Morgan fingerprint density at radius 2 is 1.69 bits per heavy atom. The monoisotopic (exact) mass is 220 g/mol. The Hall–Kier alpha value is -1.64. The molecule has 0 saturated heterocycles. The van der Waals surface area contributed by atoms with Crippen molar-refractivity contribution in [2.75, 3.05) is 0 Å². The zero-order valence-corrected chi connectivity index (χ0v) is 9.40. The number of Topliss-reactive ketones (excluding diaryl/α,β-unsaturated/α-hetero) is 1. The molecule has 1 N–H and O–H groups in total. The molecule has 3 nitrogen and oxygen atoms in total. The zero-order chi connectivity index (χ0) is 12.0. The summed E-state index contributed by atoms with van der Waals surface area (Å²) in [5, 5.41) is 8.50. The number of ketones is 1. The van der Waals surface area contributed by atoms with Crippen LogP contribution in [-0.2, 0) is 22.4 Å². The van der Waals surface area contributed by atoms with E-state index in [2.05, 4.69) is 0 Å². The van der Waals surface area contributed by atoms with E-state index in [1.807, 2.05) is 24.3 Å². The van der Waals surface area contributed by atoms with Crippen molar-refractivity contribution in [2.24, 2.45) is 0 Å². The first kappa shape index (κ1) is 12.4. The second kappa shape index (κ2) is 6.05. The standard InChI is InChI=1S/C13H16O3/c1-10(14)9-12-7-5-11(6-8-12)3-2-4-13(15)16/h5-8H,2-4,9H2,1H3,(H,15,16). The SMILES string of the molecule is CC(=O)Cc1ccc(CCCC(=O)O)cc1. The average Bonchev–Trinajstić information content (AvgIpc) is 2.19. The first-order valence-corrected chi connectivity index (χ1v) is 5.37. The summed E-state index contributed by atoms with van der Waals surface area (Å²) in [6.07, 6.45) is 2.10. The molecule has 0 unspecified atom stereocenters. The van der Waals surface area contributed by atoms with Gasteiger partial charge in [0.1, 0.15) is 5.78 Å². The van der Waals surface area contributed by atoms with Crippen LogP contribution in [0.25, 0.3) is 0 Å². The number of hydrogen-bond donors (Lipinski definition) is 1. The van der Waals surface area contributed by atoms with Crippen LogP contribution in [0.5, 0.6) is 0 Å². The highest BCUT2D eigenvalue weighted by molar-refractivity contribution is 5.78. The Morgan fingerprint density at radius 3 is 2.19 bits per heavy atom. The van der Waals surface area contributed by atoms with E-state index in [-0.39, 0.29) is 12.2 Å². The third kappa shape index (κ3) is 4.73. The third-order valence-corrected chi connectivity index (χ3v) is 2.33. The molecule has 1 aromatic rings. The number of aryl methyl sites for hydroxylation is 1. The van der Waals surface area contributed by atoms with Crippen molar-refractivity contribution in [1.29, 1.82) is 0 Å². The first-order valence-electron chi connectivity index (χ1n) is 5.37. The van der Waals surface area contributed by atoms with Crippen molar-refractivity contribution in [3.05, 3.63) is 35.4 Å². The molecule has 3 heteroatoms. The van der Waals surface area contributed by atoms with Gasteiger partial charge in [-0.15, -0.1) is 0 Å². The van der Waals surface area contributed by atoms with Gasteiger partial charge in [0.25, 0.3) is 0 Å². The molecule has 0 fully saturated rings. The van der Waals surface area contributed by atoms with Gasteiger partial charge >= 0.3 is 5.97 Å². The minimum Gasteiger partial charge on any atom is -0.481 e. The fraction of sp³-hybridized carbons (Fsp3) is 0.385. The van der Waals surface area contributed by atoms with Gasteiger partial charge in [-0.1, -0.05) is 24.3 Å². The number of rotatable bonds is 6. The smallest absolute Gasteiger partial charge is 0.303 e. The van der Waals surface area contributed by atoms with Crippen molar-refractivity contribution in [2.45, 2.75) is 32.6 Å². The second-order valence-corrected chi connectivity index (χ2v) is 3.94. The van der Waals surface area contributed by atoms with Crippen LogP contribution in [0, 0.1) is 0 Å². The maximum atomic E-state index is 10.9. The fourth-order valence-electron chi connectivity index (χ4n) is 1.55. The van der Waals surface area contributed by atoms with Crippen LogP contribution in [0.15, 0.2) is 24.3 Å². The normalized spacial score (nSPS) is 10.1. The summed E-state index contributed by atoms with van der Waals surface area (Å²) in [4.78, 5) is 21.2. The molecular weight excluding hydrogens is 204 g/mol. The fourth-order valence-corrected chi connectivity index (χ4v) is 1.55. The Labute approximate surface area is 95.1 Å². The molecule has 16 heavy (non-hydrogen) atoms. The van der Waals surface area contributed by atoms with Crippen LogP contribution in [0.2, 0.25) is 0 Å². The maximum Gasteiger partial charge on any atom is 0.303 e. The molecule has 0 spiro atoms. The molecule has 86 valence electrons. The third-order valence-electron chi connectivity index (χ3n) is 2.33. The zero-order valence-electron chi connectivity index (χ0n) is 9.40. The maximum absolute atomic E-state index is 10.9. The Morgan fingerprint density at radius 1 is 1.12 bits per heavy atom. The molecule has 0 aliphatic rings. The molecule has 0 aromatic heterocycles. The van der Waals surface area contributed by atoms with Gasteiger partial charge in [-0.2, -0.15) is 0 Å². The predicted octanol–water partition coefficient (Wildman–Crippen LogP) is 2.23. The molecule has 0 bridgehead atoms. The lowest BCUT2D eigenvalue weighted by molar-refractivity contribution is -0.137. The van der Waals surface area contributed by atoms with E-state index >= 15 is 0 Å². The minimum atomic E-state index is -0.756. The first-order chi connectivity index (χ1) is 7.58. The van der Waals surface area contributed by atoms with Crippen molar-refractivity contribution >= 4 is 11.8 Å². The van der Waals surface area contributed by atoms with Crippen molar-refractivity contribution in [3.8, 4) is 0 Å². The van der Waals surface area contributed by atoms with Crippen LogP contribution in [0.3, 0.4) is 0 Å². The van der Waals surface area contributed by atoms with Crippen LogP contribution >= 0.6 is 0 Å². The molecule has 0 aliphatic heterocycles. The van der Waals surface area contributed by atoms with E-state index < -0.39 is 5.97 Å². The van der Waals surface area contributed by atoms with Crippen molar-refractivity contribution in [1.82, 2.24) is 0 Å². The Balaban J connectivity index is 2.45. The van der Waals surface area contributed by atoms with Gasteiger partial charge in [0.05, 0.1) is 0 Å². The molecular formula is C13H16O3. The lowest BCUT2D eigenvalue weighted by Gasteiger charge is -2.02. The summed E-state index contributed by atoms with van der Waals surface area (Å²) < 4.78 is 0. The number of carbonyl (C=O) groups excluding carboxylic acids is 1. The van der Waals surface area contributed by atoms with Crippen LogP contribution in [-0.4, -0.2) is 16.9 Å². The van der Waals surface area contributed by atoms with Gasteiger partial charge in [0, 0.05) is 12.8 Å². The van der Waals surface area contributed by atoms with E-state index in [0.717, 1.165) is 17.5 Å². The molecule has 0 atom stereocenters. The van der Waals surface area contributed by atoms with Gasteiger partial charge in [-0.05, 0) is 30.9 Å². The van der Waals surface area contributed by atoms with Gasteiger partial charge in [0.2, 0.25) is 0 Å². The minimum absolute atomic E-state index is 0.152. The second-order valence-electron chi connectivity index (χ2n) is 3.94. The molecule has 0 saturated carbocycles.